The number of nitrogens with zero attached hydrogens (tertiary/aromatic N) is 15. The van der Waals surface area contributed by atoms with Crippen molar-refractivity contribution >= 4 is 70.5 Å². The Morgan fingerprint density at radius 3 is 1.06 bits per heavy atom. The average Bonchev–Trinajstić information content (AvgIpc) is 1.66. The van der Waals surface area contributed by atoms with E-state index in [0.29, 0.717) is 43.6 Å². The predicted octanol–water partition coefficient (Wildman–Crippen LogP) is 18.3. The number of carbonyl (C=O) groups excluding carboxylic acids is 6. The molecule has 10 aromatic rings. The van der Waals surface area contributed by atoms with Crippen molar-refractivity contribution in [2.75, 3.05) is 161 Å². The fourth-order valence-corrected chi connectivity index (χ4v) is 25.3. The molecule has 5 aliphatic carbocycles. The lowest BCUT2D eigenvalue weighted by Crippen LogP contribution is -2.54. The van der Waals surface area contributed by atoms with Crippen LogP contribution in [0.2, 0.25) is 0 Å². The van der Waals surface area contributed by atoms with E-state index in [-0.39, 0.29) is 91.5 Å². The number of methoxy groups -OCH3 is 3. The van der Waals surface area contributed by atoms with Gasteiger partial charge in [-0.2, -0.15) is 18.3 Å². The number of hydrogen-bond donors (Lipinski definition) is 6. The summed E-state index contributed by atoms with van der Waals surface area (Å²) >= 11 is 0. The summed E-state index contributed by atoms with van der Waals surface area (Å²) in [6, 6.07) is 67.3. The van der Waals surface area contributed by atoms with Gasteiger partial charge in [0, 0.05) is 71.0 Å². The van der Waals surface area contributed by atoms with Gasteiger partial charge >= 0.3 is 42.3 Å². The van der Waals surface area contributed by atoms with Crippen LogP contribution in [0.4, 0.5) is 71.5 Å². The Morgan fingerprint density at radius 2 is 0.721 bits per heavy atom. The number of rotatable bonds is 18. The van der Waals surface area contributed by atoms with Gasteiger partial charge in [-0.15, -0.1) is 0 Å². The topological polar surface area (TPSA) is 291 Å². The summed E-state index contributed by atoms with van der Waals surface area (Å²) in [5, 5.41) is 23.3. The van der Waals surface area contributed by atoms with Crippen LogP contribution in [0.25, 0.3) is 0 Å². The number of esters is 1. The number of pyridine rings is 3. The molecule has 30 nitrogen and oxygen atoms in total. The van der Waals surface area contributed by atoms with Crippen molar-refractivity contribution in [1.82, 2.24) is 75.8 Å². The number of fused-ring (bicyclic) bond motifs is 1. The van der Waals surface area contributed by atoms with E-state index in [4.69, 9.17) is 14.2 Å². The van der Waals surface area contributed by atoms with Gasteiger partial charge in [0.15, 0.2) is 17.3 Å². The molecule has 0 radical (unpaired) electrons. The van der Waals surface area contributed by atoms with Crippen LogP contribution < -0.4 is 65.9 Å². The molecular formula is C114H144F3N21O9. The molecular weight excluding hydrogens is 1860 g/mol. The van der Waals surface area contributed by atoms with E-state index < -0.39 is 23.4 Å². The molecule has 780 valence electrons. The first kappa shape index (κ1) is 105. The number of carbonyl (C=O) groups is 6. The molecule has 4 aromatic heterocycles. The number of amides is 10. The van der Waals surface area contributed by atoms with Crippen LogP contribution in [0, 0.1) is 13.8 Å². The number of nitrogens with one attached hydrogen (secondary N) is 6. The number of aryl methyl sites for hydroxylation is 3. The van der Waals surface area contributed by atoms with E-state index in [1.807, 2.05) is 66.1 Å². The van der Waals surface area contributed by atoms with E-state index in [2.05, 4.69) is 293 Å². The molecule has 5 spiro atoms. The molecule has 10 amide bonds. The lowest BCUT2D eigenvalue weighted by atomic mass is 9.69. The first-order chi connectivity index (χ1) is 70.3. The van der Waals surface area contributed by atoms with Crippen molar-refractivity contribution in [3.63, 3.8) is 0 Å². The summed E-state index contributed by atoms with van der Waals surface area (Å²) in [4.78, 5) is 109. The molecule has 5 saturated carbocycles. The third-order valence-electron chi connectivity index (χ3n) is 34.5. The third-order valence-corrected chi connectivity index (χ3v) is 34.5. The van der Waals surface area contributed by atoms with E-state index in [0.717, 1.165) is 187 Å². The molecule has 0 bridgehead atoms. The van der Waals surface area contributed by atoms with Gasteiger partial charge in [0.1, 0.15) is 11.5 Å². The van der Waals surface area contributed by atoms with Crippen LogP contribution in [0.1, 0.15) is 189 Å². The fourth-order valence-electron chi connectivity index (χ4n) is 25.3. The molecule has 6 aromatic carbocycles. The molecule has 21 rings (SSSR count). The lowest BCUT2D eigenvalue weighted by molar-refractivity contribution is -0.141. The number of aromatic nitrogens is 5. The molecule has 10 fully saturated rings. The Morgan fingerprint density at radius 1 is 0.381 bits per heavy atom. The number of ether oxygens (including phenoxy) is 3. The van der Waals surface area contributed by atoms with E-state index in [9.17, 15) is 41.9 Å². The van der Waals surface area contributed by atoms with Gasteiger partial charge in [-0.25, -0.2) is 43.7 Å². The highest BCUT2D eigenvalue weighted by atomic mass is 19.4. The van der Waals surface area contributed by atoms with Gasteiger partial charge in [0.25, 0.3) is 0 Å². The number of benzene rings is 6. The zero-order valence-electron chi connectivity index (χ0n) is 87.9. The second-order valence-corrected chi connectivity index (χ2v) is 43.4. The van der Waals surface area contributed by atoms with Crippen molar-refractivity contribution in [1.29, 1.82) is 0 Å². The normalized spacial score (nSPS) is 27.1. The molecule has 147 heavy (non-hydrogen) atoms. The van der Waals surface area contributed by atoms with Crippen molar-refractivity contribution in [3.8, 4) is 11.6 Å². The summed E-state index contributed by atoms with van der Waals surface area (Å²) in [7, 11) is 27.4. The SMILES string of the molecule is CN(C)C1(c2ccccc2)CCC2(CC1)CN(c1cc(C(F)(F)F)nn1C)C(=O)N2.CN(C)C1(c2ccccc2)CCC2(CC1)CN(c1ccc3c(c1)NCC3)C(=O)N2.COC(=O)c1cc(C)c(N2CC3(CCC(c4ccccc4)(N(C)C)CC3)NC2=O)cn1.COc1cc(C)c(N2CC3(CCC(c4ccccc4)(N(C)C)CC3)NC2=O)cn1.COc1cccnc1N1CC2(CCC(c3ccccc3)(N(C)C)CC2)NC1=O. The number of anilines is 6. The molecule has 6 aliphatic heterocycles. The Labute approximate surface area is 862 Å². The van der Waals surface area contributed by atoms with Crippen molar-refractivity contribution in [2.45, 2.75) is 210 Å². The van der Waals surface area contributed by atoms with E-state index >= 15 is 0 Å². The maximum absolute atomic E-state index is 13.0. The first-order valence-electron chi connectivity index (χ1n) is 51.4. The Hall–Kier alpha value is -13.2. The number of hydrogen-bond acceptors (Lipinski definition) is 19. The highest BCUT2D eigenvalue weighted by Crippen LogP contribution is 2.54. The minimum Gasteiger partial charge on any atom is -0.493 e. The monoisotopic (exact) mass is 2010 g/mol. The Kier molecular flexibility index (Phi) is 30.2. The van der Waals surface area contributed by atoms with Crippen molar-refractivity contribution in [2.24, 2.45) is 7.05 Å². The largest absolute Gasteiger partial charge is 0.493 e. The van der Waals surface area contributed by atoms with Crippen LogP contribution in [-0.2, 0) is 52.1 Å². The van der Waals surface area contributed by atoms with E-state index in [1.54, 1.807) is 48.7 Å². The Balaban J connectivity index is 0.000000126. The van der Waals surface area contributed by atoms with E-state index in [1.165, 1.54) is 58.1 Å². The maximum Gasteiger partial charge on any atom is 0.435 e. The van der Waals surface area contributed by atoms with Gasteiger partial charge < -0.3 is 46.1 Å². The van der Waals surface area contributed by atoms with Gasteiger partial charge in [-0.1, -0.05) is 158 Å². The summed E-state index contributed by atoms with van der Waals surface area (Å²) in [5.74, 6) is 1.45. The predicted molar refractivity (Wildman–Crippen MR) is 568 cm³/mol. The number of alkyl halides is 3. The molecule has 0 atom stereocenters. The molecule has 10 heterocycles. The highest BCUT2D eigenvalue weighted by molar-refractivity contribution is 5.99. The number of urea groups is 5. The second kappa shape index (κ2) is 42.2. The smallest absolute Gasteiger partial charge is 0.435 e. The minimum absolute atomic E-state index is 0.00729. The average molecular weight is 2010 g/mol. The quantitative estimate of drug-likeness (QED) is 0.0435. The first-order valence-corrected chi connectivity index (χ1v) is 51.4. The van der Waals surface area contributed by atoms with Crippen LogP contribution >= 0.6 is 0 Å². The summed E-state index contributed by atoms with van der Waals surface area (Å²) in [6.45, 7) is 7.85. The van der Waals surface area contributed by atoms with Gasteiger partial charge in [0.05, 0.1) is 106 Å². The van der Waals surface area contributed by atoms with Crippen molar-refractivity contribution in [3.05, 3.63) is 275 Å². The Bertz CT molecular complexity index is 6330. The zero-order chi connectivity index (χ0) is 104. The molecule has 11 aliphatic rings. The minimum atomic E-state index is -4.55. The summed E-state index contributed by atoms with van der Waals surface area (Å²) < 4.78 is 55.6. The third kappa shape index (κ3) is 20.8. The summed E-state index contributed by atoms with van der Waals surface area (Å²) in [5.41, 5.74) is 11.5. The molecule has 5 saturated heterocycles. The second-order valence-electron chi connectivity index (χ2n) is 43.4. The molecule has 6 N–H and O–H groups in total. The fraction of sp³-hybridized carbons (Fsp3) is 0.474. The zero-order valence-corrected chi connectivity index (χ0v) is 87.9. The standard InChI is InChI=1S/C24H30N4O3.C24H30N4O.C23H30N4O2.C22H28N4O2.C21H26F3N5O/c1-17-14-19(21(29)31-4)25-15-20(17)28-16-23(26-22(28)30)10-12-24(13-11-23,27(2)3)18-8-6-5-7-9-18;1-27(2)24(19-6-4-3-5-7-19)13-11-23(12-14-24)17-28(22(29)26-23)20-9-8-18-10-15-25-21(18)16-20;1-17-14-20(29-4)24-15-19(17)27-16-22(25-21(27)28)10-12-23(13-11-22,26(2)3)18-8-6-5-7-9-18;1-25(2)22(17-8-5-4-6-9-17)13-11-21(12-14-22)16-26(20(27)24-21)19-18(28-3)10-7-15-23-19;1-27(2)20(15-7-5-4-6-8-15)11-9-19(10-12-20)14-29(18(30)25-19)17-13-16(21(22,23)24)26-28(17)3/h5-9,14-15H,10-13,16H2,1-4H3,(H,26,30);3-9,16,25H,10-15,17H2,1-2H3,(H,26,29);5-9,14-15H,10-13,16H2,1-4H3,(H,25,28);4-10,15H,11-14,16H2,1-3H3,(H,24,27);4-8,13H,9-12,14H2,1-3H3,(H,25,30). The molecule has 33 heteroatoms. The lowest BCUT2D eigenvalue weighted by Gasteiger charge is -2.48. The maximum atomic E-state index is 13.0. The van der Waals surface area contributed by atoms with Crippen molar-refractivity contribution < 1.29 is 56.1 Å². The van der Waals surface area contributed by atoms with Crippen LogP contribution in [0.15, 0.2) is 219 Å². The van der Waals surface area contributed by atoms with Crippen LogP contribution in [0.5, 0.6) is 11.6 Å². The van der Waals surface area contributed by atoms with Gasteiger partial charge in [0.2, 0.25) is 5.88 Å². The van der Waals surface area contributed by atoms with Crippen LogP contribution in [0.3, 0.4) is 0 Å². The summed E-state index contributed by atoms with van der Waals surface area (Å²) in [6.07, 6.45) is 20.3. The highest BCUT2D eigenvalue weighted by Gasteiger charge is 2.58. The molecule has 0 unspecified atom stereocenters. The van der Waals surface area contributed by atoms with Gasteiger partial charge in [-0.05, 0) is 294 Å². The number of halogens is 3. The van der Waals surface area contributed by atoms with Crippen LogP contribution in [-0.4, -0.2) is 244 Å². The van der Waals surface area contributed by atoms with Gasteiger partial charge in [-0.3, -0.25) is 53.7 Å².